The molecule has 0 fully saturated rings. The highest BCUT2D eigenvalue weighted by Gasteiger charge is 2.03. The lowest BCUT2D eigenvalue weighted by molar-refractivity contribution is 0.226. The molecule has 0 aliphatic heterocycles. The second-order valence-corrected chi connectivity index (χ2v) is 4.41. The molecule has 0 aromatic rings. The Labute approximate surface area is 95.6 Å². The van der Waals surface area contributed by atoms with E-state index < -0.39 is 0 Å². The molecule has 0 aliphatic carbocycles. The first-order valence-electron chi connectivity index (χ1n) is 6.59. The summed E-state index contributed by atoms with van der Waals surface area (Å²) < 4.78 is 0. The van der Waals surface area contributed by atoms with E-state index in [1.165, 1.54) is 44.1 Å². The molecule has 1 N–H and O–H groups in total. The van der Waals surface area contributed by atoms with Crippen molar-refractivity contribution in [2.45, 2.75) is 78.2 Å². The van der Waals surface area contributed by atoms with Crippen LogP contribution in [0.1, 0.15) is 72.1 Å². The maximum absolute atomic E-state index is 9.57. The van der Waals surface area contributed by atoms with E-state index in [1.54, 1.807) is 0 Å². The molecule has 1 unspecified atom stereocenters. The molecule has 15 heavy (non-hydrogen) atoms. The van der Waals surface area contributed by atoms with Crippen LogP contribution in [0.5, 0.6) is 0 Å². The average molecular weight is 212 g/mol. The van der Waals surface area contributed by atoms with E-state index in [2.05, 4.69) is 19.9 Å². The van der Waals surface area contributed by atoms with E-state index in [-0.39, 0.29) is 6.10 Å². The van der Waals surface area contributed by atoms with Crippen LogP contribution < -0.4 is 0 Å². The van der Waals surface area contributed by atoms with Gasteiger partial charge in [-0.25, -0.2) is 0 Å². The normalized spacial score (nSPS) is 14.3. The first-order valence-corrected chi connectivity index (χ1v) is 6.59. The zero-order valence-corrected chi connectivity index (χ0v) is 10.8. The van der Waals surface area contributed by atoms with E-state index in [0.717, 1.165) is 12.8 Å². The van der Waals surface area contributed by atoms with Crippen molar-refractivity contribution in [3.63, 3.8) is 0 Å². The Hall–Kier alpha value is -0.300. The Morgan fingerprint density at radius 2 is 1.73 bits per heavy atom. The monoisotopic (exact) mass is 212 g/mol. The van der Waals surface area contributed by atoms with Gasteiger partial charge in [0, 0.05) is 0 Å². The number of allylic oxidation sites excluding steroid dienone is 1. The summed E-state index contributed by atoms with van der Waals surface area (Å²) in [6.07, 6.45) is 11.9. The number of rotatable bonds is 9. The fraction of sp³-hybridized carbons (Fsp3) is 0.857. The topological polar surface area (TPSA) is 20.2 Å². The van der Waals surface area contributed by atoms with Crippen LogP contribution in [0.4, 0.5) is 0 Å². The number of hydrogen-bond acceptors (Lipinski definition) is 1. The van der Waals surface area contributed by atoms with Crippen LogP contribution in [0.15, 0.2) is 11.6 Å². The summed E-state index contributed by atoms with van der Waals surface area (Å²) in [5, 5.41) is 9.57. The lowest BCUT2D eigenvalue weighted by atomic mass is 10.0. The van der Waals surface area contributed by atoms with Crippen LogP contribution in [0.3, 0.4) is 0 Å². The highest BCUT2D eigenvalue weighted by Crippen LogP contribution is 2.14. The SMILES string of the molecule is CCCCCC/C=C(\CCCC)C(C)O. The third-order valence-corrected chi connectivity index (χ3v) is 2.82. The minimum absolute atomic E-state index is 0.247. The van der Waals surface area contributed by atoms with Crippen molar-refractivity contribution in [3.8, 4) is 0 Å². The van der Waals surface area contributed by atoms with E-state index >= 15 is 0 Å². The molecule has 0 aromatic carbocycles. The number of aliphatic hydroxyl groups excluding tert-OH is 1. The van der Waals surface area contributed by atoms with Crippen molar-refractivity contribution in [2.24, 2.45) is 0 Å². The van der Waals surface area contributed by atoms with E-state index in [1.807, 2.05) is 6.92 Å². The molecule has 1 heteroatoms. The quantitative estimate of drug-likeness (QED) is 0.442. The van der Waals surface area contributed by atoms with Crippen LogP contribution in [-0.2, 0) is 0 Å². The Bertz CT molecular complexity index is 159. The highest BCUT2D eigenvalue weighted by molar-refractivity contribution is 5.06. The lowest BCUT2D eigenvalue weighted by Crippen LogP contribution is -2.04. The van der Waals surface area contributed by atoms with E-state index in [0.29, 0.717) is 0 Å². The third kappa shape index (κ3) is 8.68. The van der Waals surface area contributed by atoms with Crippen molar-refractivity contribution < 1.29 is 5.11 Å². The van der Waals surface area contributed by atoms with Gasteiger partial charge < -0.3 is 5.11 Å². The van der Waals surface area contributed by atoms with Crippen LogP contribution >= 0.6 is 0 Å². The number of aliphatic hydroxyl groups is 1. The molecule has 1 atom stereocenters. The van der Waals surface area contributed by atoms with Gasteiger partial charge in [-0.05, 0) is 38.2 Å². The average Bonchev–Trinajstić information content (AvgIpc) is 2.21. The van der Waals surface area contributed by atoms with E-state index in [9.17, 15) is 5.11 Å². The minimum atomic E-state index is -0.247. The highest BCUT2D eigenvalue weighted by atomic mass is 16.3. The van der Waals surface area contributed by atoms with Gasteiger partial charge in [0.25, 0.3) is 0 Å². The molecule has 0 radical (unpaired) electrons. The molecule has 0 aromatic heterocycles. The fourth-order valence-electron chi connectivity index (χ4n) is 1.72. The fourth-order valence-corrected chi connectivity index (χ4v) is 1.72. The van der Waals surface area contributed by atoms with Gasteiger partial charge in [0.1, 0.15) is 0 Å². The molecular formula is C14H28O. The molecular weight excluding hydrogens is 184 g/mol. The van der Waals surface area contributed by atoms with Crippen LogP contribution in [0.25, 0.3) is 0 Å². The van der Waals surface area contributed by atoms with Gasteiger partial charge in [0.05, 0.1) is 6.10 Å². The molecule has 0 aliphatic rings. The molecule has 0 heterocycles. The molecule has 1 nitrogen and oxygen atoms in total. The predicted octanol–water partition coefficient (Wildman–Crippen LogP) is 4.45. The smallest absolute Gasteiger partial charge is 0.0721 e. The Morgan fingerprint density at radius 1 is 1.07 bits per heavy atom. The summed E-state index contributed by atoms with van der Waals surface area (Å²) in [5.41, 5.74) is 1.24. The zero-order valence-electron chi connectivity index (χ0n) is 10.8. The third-order valence-electron chi connectivity index (χ3n) is 2.82. The summed E-state index contributed by atoms with van der Waals surface area (Å²) in [6.45, 7) is 6.31. The van der Waals surface area contributed by atoms with Crippen LogP contribution in [0.2, 0.25) is 0 Å². The lowest BCUT2D eigenvalue weighted by Gasteiger charge is -2.10. The van der Waals surface area contributed by atoms with Gasteiger partial charge in [-0.2, -0.15) is 0 Å². The second-order valence-electron chi connectivity index (χ2n) is 4.41. The van der Waals surface area contributed by atoms with Crippen molar-refractivity contribution in [1.82, 2.24) is 0 Å². The summed E-state index contributed by atoms with van der Waals surface area (Å²) in [7, 11) is 0. The van der Waals surface area contributed by atoms with Gasteiger partial charge in [-0.15, -0.1) is 0 Å². The van der Waals surface area contributed by atoms with Gasteiger partial charge in [0.15, 0.2) is 0 Å². The maximum Gasteiger partial charge on any atom is 0.0721 e. The van der Waals surface area contributed by atoms with Gasteiger partial charge in [-0.1, -0.05) is 45.6 Å². The molecule has 0 saturated carbocycles. The Morgan fingerprint density at radius 3 is 2.27 bits per heavy atom. The van der Waals surface area contributed by atoms with Crippen LogP contribution in [0, 0.1) is 0 Å². The Balaban J connectivity index is 3.74. The van der Waals surface area contributed by atoms with Crippen molar-refractivity contribution >= 4 is 0 Å². The summed E-state index contributed by atoms with van der Waals surface area (Å²) in [6, 6.07) is 0. The van der Waals surface area contributed by atoms with Crippen LogP contribution in [-0.4, -0.2) is 11.2 Å². The number of unbranched alkanes of at least 4 members (excludes halogenated alkanes) is 5. The van der Waals surface area contributed by atoms with Crippen molar-refractivity contribution in [3.05, 3.63) is 11.6 Å². The van der Waals surface area contributed by atoms with Gasteiger partial charge >= 0.3 is 0 Å². The molecule has 0 saturated heterocycles. The largest absolute Gasteiger partial charge is 0.389 e. The van der Waals surface area contributed by atoms with Crippen molar-refractivity contribution in [1.29, 1.82) is 0 Å². The predicted molar refractivity (Wildman–Crippen MR) is 68.0 cm³/mol. The van der Waals surface area contributed by atoms with Gasteiger partial charge in [-0.3, -0.25) is 0 Å². The molecule has 0 rings (SSSR count). The molecule has 90 valence electrons. The summed E-state index contributed by atoms with van der Waals surface area (Å²) in [5.74, 6) is 0. The molecule has 0 amide bonds. The minimum Gasteiger partial charge on any atom is -0.389 e. The summed E-state index contributed by atoms with van der Waals surface area (Å²) in [4.78, 5) is 0. The van der Waals surface area contributed by atoms with Crippen molar-refractivity contribution in [2.75, 3.05) is 0 Å². The van der Waals surface area contributed by atoms with E-state index in [4.69, 9.17) is 0 Å². The maximum atomic E-state index is 9.57. The Kier molecular flexibility index (Phi) is 10.0. The first-order chi connectivity index (χ1) is 7.22. The molecule has 0 bridgehead atoms. The van der Waals surface area contributed by atoms with Gasteiger partial charge in [0.2, 0.25) is 0 Å². The summed E-state index contributed by atoms with van der Waals surface area (Å²) >= 11 is 0. The standard InChI is InChI=1S/C14H28O/c1-4-6-8-9-10-12-14(13(3)15)11-7-5-2/h12-13,15H,4-11H2,1-3H3/b14-12+. The molecule has 0 spiro atoms. The zero-order chi connectivity index (χ0) is 11.5. The second kappa shape index (κ2) is 10.2. The first kappa shape index (κ1) is 14.7. The number of hydrogen-bond donors (Lipinski definition) is 1.